The van der Waals surface area contributed by atoms with E-state index in [0.717, 1.165) is 24.1 Å². The molecular formula is C24H27N3O3. The van der Waals surface area contributed by atoms with E-state index in [4.69, 9.17) is 0 Å². The maximum Gasteiger partial charge on any atom is 0.246 e. The van der Waals surface area contributed by atoms with E-state index in [1.54, 1.807) is 11.0 Å². The van der Waals surface area contributed by atoms with Crippen molar-refractivity contribution < 1.29 is 14.7 Å². The van der Waals surface area contributed by atoms with Gasteiger partial charge in [-0.3, -0.25) is 14.5 Å². The Kier molecular flexibility index (Phi) is 5.86. The molecule has 0 bridgehead atoms. The average Bonchev–Trinajstić information content (AvgIpc) is 2.79. The molecule has 0 spiro atoms. The van der Waals surface area contributed by atoms with Gasteiger partial charge in [-0.1, -0.05) is 49.0 Å². The minimum atomic E-state index is -0.163. The summed E-state index contributed by atoms with van der Waals surface area (Å²) in [6.07, 6.45) is 2.19. The number of amides is 2. The Balaban J connectivity index is 1.53. The number of aromatic hydroxyl groups is 1. The molecule has 0 saturated carbocycles. The first-order chi connectivity index (χ1) is 14.6. The molecule has 1 unspecified atom stereocenters. The largest absolute Gasteiger partial charge is 0.508 e. The Morgan fingerprint density at radius 1 is 0.933 bits per heavy atom. The summed E-state index contributed by atoms with van der Waals surface area (Å²) in [4.78, 5) is 30.6. The SMILES string of the molecule is C=CC(=O)N1CCN(C(=O)CN2CCc3ccccc3C2c2ccccc2O)CC1. The quantitative estimate of drug-likeness (QED) is 0.792. The van der Waals surface area contributed by atoms with E-state index in [-0.39, 0.29) is 30.2 Å². The molecule has 2 aliphatic rings. The van der Waals surface area contributed by atoms with Gasteiger partial charge in [0.2, 0.25) is 11.8 Å². The molecule has 2 aromatic rings. The fourth-order valence-electron chi connectivity index (χ4n) is 4.45. The smallest absolute Gasteiger partial charge is 0.246 e. The van der Waals surface area contributed by atoms with Gasteiger partial charge >= 0.3 is 0 Å². The molecule has 156 valence electrons. The number of para-hydroxylation sites is 1. The number of fused-ring (bicyclic) bond motifs is 1. The third-order valence-corrected chi connectivity index (χ3v) is 6.07. The molecular weight excluding hydrogens is 378 g/mol. The molecule has 0 aromatic heterocycles. The number of phenols is 1. The number of nitrogens with zero attached hydrogens (tertiary/aromatic N) is 3. The molecule has 1 fully saturated rings. The first kappa shape index (κ1) is 20.2. The van der Waals surface area contributed by atoms with Crippen molar-refractivity contribution in [3.05, 3.63) is 77.9 Å². The predicted molar refractivity (Wildman–Crippen MR) is 115 cm³/mol. The number of phenolic OH excluding ortho intramolecular Hbond substituents is 1. The van der Waals surface area contributed by atoms with Gasteiger partial charge in [-0.15, -0.1) is 0 Å². The number of hydrogen-bond donors (Lipinski definition) is 1. The van der Waals surface area contributed by atoms with Gasteiger partial charge in [-0.25, -0.2) is 0 Å². The molecule has 1 N–H and O–H groups in total. The molecule has 0 radical (unpaired) electrons. The van der Waals surface area contributed by atoms with Crippen LogP contribution in [-0.2, 0) is 16.0 Å². The van der Waals surface area contributed by atoms with Crippen LogP contribution in [0.4, 0.5) is 0 Å². The lowest BCUT2D eigenvalue weighted by Gasteiger charge is -2.40. The van der Waals surface area contributed by atoms with E-state index in [1.807, 2.05) is 35.2 Å². The van der Waals surface area contributed by atoms with Crippen molar-refractivity contribution in [1.29, 1.82) is 0 Å². The van der Waals surface area contributed by atoms with Crippen molar-refractivity contribution in [1.82, 2.24) is 14.7 Å². The van der Waals surface area contributed by atoms with Crippen LogP contribution < -0.4 is 0 Å². The standard InChI is InChI=1S/C24H27N3O3/c1-2-22(29)25-13-15-26(16-14-25)23(30)17-27-12-11-18-7-3-4-8-19(18)24(27)20-9-5-6-10-21(20)28/h2-10,24,28H,1,11-17H2. The Morgan fingerprint density at radius 2 is 1.57 bits per heavy atom. The van der Waals surface area contributed by atoms with E-state index >= 15 is 0 Å². The van der Waals surface area contributed by atoms with Gasteiger partial charge in [0.05, 0.1) is 12.6 Å². The Morgan fingerprint density at radius 3 is 2.27 bits per heavy atom. The Hall–Kier alpha value is -3.12. The molecule has 1 saturated heterocycles. The van der Waals surface area contributed by atoms with E-state index < -0.39 is 0 Å². The maximum atomic E-state index is 13.1. The van der Waals surface area contributed by atoms with Gasteiger partial charge in [-0.05, 0) is 29.7 Å². The lowest BCUT2D eigenvalue weighted by Crippen LogP contribution is -2.53. The zero-order valence-corrected chi connectivity index (χ0v) is 17.0. The third-order valence-electron chi connectivity index (χ3n) is 6.07. The van der Waals surface area contributed by atoms with Crippen LogP contribution in [0.5, 0.6) is 5.75 Å². The van der Waals surface area contributed by atoms with Crippen LogP contribution in [0.2, 0.25) is 0 Å². The lowest BCUT2D eigenvalue weighted by atomic mass is 9.87. The molecule has 2 aromatic carbocycles. The number of rotatable bonds is 4. The Bertz CT molecular complexity index is 950. The van der Waals surface area contributed by atoms with Crippen LogP contribution >= 0.6 is 0 Å². The highest BCUT2D eigenvalue weighted by atomic mass is 16.3. The van der Waals surface area contributed by atoms with Crippen molar-refractivity contribution in [3.8, 4) is 5.75 Å². The number of benzene rings is 2. The summed E-state index contributed by atoms with van der Waals surface area (Å²) >= 11 is 0. The summed E-state index contributed by atoms with van der Waals surface area (Å²) in [6.45, 7) is 6.68. The van der Waals surface area contributed by atoms with Crippen LogP contribution in [-0.4, -0.2) is 70.9 Å². The van der Waals surface area contributed by atoms with Crippen molar-refractivity contribution >= 4 is 11.8 Å². The highest BCUT2D eigenvalue weighted by Crippen LogP contribution is 2.38. The third kappa shape index (κ3) is 3.96. The minimum absolute atomic E-state index is 0.0560. The number of piperazine rings is 1. The van der Waals surface area contributed by atoms with Crippen LogP contribution in [0.1, 0.15) is 22.7 Å². The highest BCUT2D eigenvalue weighted by Gasteiger charge is 2.33. The van der Waals surface area contributed by atoms with E-state index in [2.05, 4.69) is 23.6 Å². The van der Waals surface area contributed by atoms with Crippen molar-refractivity contribution in [2.24, 2.45) is 0 Å². The van der Waals surface area contributed by atoms with Crippen molar-refractivity contribution in [2.45, 2.75) is 12.5 Å². The summed E-state index contributed by atoms with van der Waals surface area (Å²) in [5.41, 5.74) is 3.21. The molecule has 6 nitrogen and oxygen atoms in total. The van der Waals surface area contributed by atoms with Crippen molar-refractivity contribution in [2.75, 3.05) is 39.3 Å². The maximum absolute atomic E-state index is 13.1. The van der Waals surface area contributed by atoms with Crippen LogP contribution in [0.25, 0.3) is 0 Å². The number of carbonyl (C=O) groups is 2. The second-order valence-corrected chi connectivity index (χ2v) is 7.79. The van der Waals surface area contributed by atoms with E-state index in [1.165, 1.54) is 11.6 Å². The van der Waals surface area contributed by atoms with Gasteiger partial charge in [0.1, 0.15) is 5.75 Å². The first-order valence-corrected chi connectivity index (χ1v) is 10.4. The van der Waals surface area contributed by atoms with Crippen LogP contribution in [0.15, 0.2) is 61.2 Å². The van der Waals surface area contributed by atoms with Crippen LogP contribution in [0.3, 0.4) is 0 Å². The van der Waals surface area contributed by atoms with Gasteiger partial charge in [0.15, 0.2) is 0 Å². The van der Waals surface area contributed by atoms with Gasteiger partial charge in [0, 0.05) is 38.3 Å². The number of hydrogen-bond acceptors (Lipinski definition) is 4. The monoisotopic (exact) mass is 405 g/mol. The first-order valence-electron chi connectivity index (χ1n) is 10.4. The summed E-state index contributed by atoms with van der Waals surface area (Å²) in [6, 6.07) is 15.4. The molecule has 2 amide bonds. The second kappa shape index (κ2) is 8.71. The summed E-state index contributed by atoms with van der Waals surface area (Å²) in [7, 11) is 0. The molecule has 30 heavy (non-hydrogen) atoms. The topological polar surface area (TPSA) is 64.1 Å². The van der Waals surface area contributed by atoms with Crippen LogP contribution in [0, 0.1) is 0 Å². The summed E-state index contributed by atoms with van der Waals surface area (Å²) in [5.74, 6) is 0.211. The van der Waals surface area contributed by atoms with Gasteiger partial charge < -0.3 is 14.9 Å². The summed E-state index contributed by atoms with van der Waals surface area (Å²) < 4.78 is 0. The molecule has 0 aliphatic carbocycles. The van der Waals surface area contributed by atoms with E-state index in [9.17, 15) is 14.7 Å². The fourth-order valence-corrected chi connectivity index (χ4v) is 4.45. The molecule has 2 aliphatic heterocycles. The predicted octanol–water partition coefficient (Wildman–Crippen LogP) is 2.20. The minimum Gasteiger partial charge on any atom is -0.508 e. The van der Waals surface area contributed by atoms with E-state index in [0.29, 0.717) is 26.2 Å². The highest BCUT2D eigenvalue weighted by molar-refractivity contribution is 5.87. The second-order valence-electron chi connectivity index (χ2n) is 7.79. The zero-order valence-electron chi connectivity index (χ0n) is 17.0. The fraction of sp³-hybridized carbons (Fsp3) is 0.333. The Labute approximate surface area is 177 Å². The van der Waals surface area contributed by atoms with Gasteiger partial charge in [0.25, 0.3) is 0 Å². The molecule has 4 rings (SSSR count). The zero-order chi connectivity index (χ0) is 21.1. The average molecular weight is 405 g/mol. The number of carbonyl (C=O) groups excluding carboxylic acids is 2. The normalized spacial score (nSPS) is 19.3. The molecule has 1 atom stereocenters. The van der Waals surface area contributed by atoms with Crippen molar-refractivity contribution in [3.63, 3.8) is 0 Å². The summed E-state index contributed by atoms with van der Waals surface area (Å²) in [5, 5.41) is 10.5. The van der Waals surface area contributed by atoms with Gasteiger partial charge in [-0.2, -0.15) is 0 Å². The molecule has 6 heteroatoms. The lowest BCUT2D eigenvalue weighted by molar-refractivity contribution is -0.138. The molecule has 2 heterocycles.